The van der Waals surface area contributed by atoms with Crippen molar-refractivity contribution < 1.29 is 18.7 Å². The van der Waals surface area contributed by atoms with Gasteiger partial charge in [0.15, 0.2) is 5.17 Å². The Morgan fingerprint density at radius 2 is 2.07 bits per heavy atom. The van der Waals surface area contributed by atoms with Crippen molar-refractivity contribution in [2.75, 3.05) is 37.7 Å². The third-order valence-corrected chi connectivity index (χ3v) is 6.63. The lowest BCUT2D eigenvalue weighted by Crippen LogP contribution is -2.45. The second-order valence-electron chi connectivity index (χ2n) is 6.73. The molecular formula is C19H21FN4O3S2. The second-order valence-corrected chi connectivity index (χ2v) is 8.96. The minimum atomic E-state index is -0.510. The first kappa shape index (κ1) is 20.2. The summed E-state index contributed by atoms with van der Waals surface area (Å²) < 4.78 is 19.3. The molecule has 3 aliphatic heterocycles. The van der Waals surface area contributed by atoms with Gasteiger partial charge < -0.3 is 9.64 Å². The van der Waals surface area contributed by atoms with E-state index in [1.807, 2.05) is 5.01 Å². The summed E-state index contributed by atoms with van der Waals surface area (Å²) in [7, 11) is 0. The maximum absolute atomic E-state index is 13.8. The lowest BCUT2D eigenvalue weighted by molar-refractivity contribution is -0.113. The summed E-state index contributed by atoms with van der Waals surface area (Å²) in [5.41, 5.74) is 3.69. The highest BCUT2D eigenvalue weighted by molar-refractivity contribution is 8.18. The molecule has 1 aromatic carbocycles. The summed E-state index contributed by atoms with van der Waals surface area (Å²) in [5, 5.41) is 2.49. The highest BCUT2D eigenvalue weighted by Crippen LogP contribution is 2.33. The van der Waals surface area contributed by atoms with Crippen LogP contribution in [-0.4, -0.2) is 64.8 Å². The van der Waals surface area contributed by atoms with E-state index in [0.717, 1.165) is 37.4 Å². The van der Waals surface area contributed by atoms with Gasteiger partial charge in [-0.1, -0.05) is 0 Å². The Morgan fingerprint density at radius 1 is 1.24 bits per heavy atom. The van der Waals surface area contributed by atoms with Gasteiger partial charge in [-0.2, -0.15) is 16.8 Å². The smallest absolute Gasteiger partial charge is 0.409 e. The number of carbonyl (C=O) groups excluding carboxylic acids is 2. The van der Waals surface area contributed by atoms with Gasteiger partial charge in [-0.25, -0.2) is 14.6 Å². The molecule has 1 aromatic rings. The van der Waals surface area contributed by atoms with E-state index < -0.39 is 11.9 Å². The van der Waals surface area contributed by atoms with Crippen LogP contribution in [-0.2, 0) is 4.79 Å². The predicted molar refractivity (Wildman–Crippen MR) is 113 cm³/mol. The first-order valence-electron chi connectivity index (χ1n) is 9.48. The summed E-state index contributed by atoms with van der Waals surface area (Å²) in [6, 6.07) is 3.95. The van der Waals surface area contributed by atoms with Gasteiger partial charge in [0.1, 0.15) is 11.6 Å². The third-order valence-electron chi connectivity index (χ3n) is 4.68. The van der Waals surface area contributed by atoms with E-state index in [9.17, 15) is 14.0 Å². The number of nitrogens with one attached hydrogen (secondary N) is 1. The Balaban J connectivity index is 1.51. The van der Waals surface area contributed by atoms with E-state index in [1.54, 1.807) is 22.7 Å². The number of aliphatic imine (C=N–C) groups is 1. The van der Waals surface area contributed by atoms with Gasteiger partial charge in [-0.3, -0.25) is 9.80 Å². The number of benzene rings is 1. The van der Waals surface area contributed by atoms with E-state index >= 15 is 0 Å². The number of rotatable bonds is 2. The molecule has 0 aromatic heterocycles. The number of hydrogen-bond donors (Lipinski definition) is 1. The van der Waals surface area contributed by atoms with E-state index in [0.29, 0.717) is 28.7 Å². The zero-order valence-corrected chi connectivity index (χ0v) is 17.4. The van der Waals surface area contributed by atoms with Crippen LogP contribution in [0.1, 0.15) is 18.4 Å². The van der Waals surface area contributed by atoms with Crippen molar-refractivity contribution in [2.45, 2.75) is 12.8 Å². The largest absolute Gasteiger partial charge is 0.415 e. The number of amidine groups is 1. The van der Waals surface area contributed by atoms with E-state index in [4.69, 9.17) is 4.74 Å². The van der Waals surface area contributed by atoms with Crippen LogP contribution >= 0.6 is 23.5 Å². The average molecular weight is 437 g/mol. The highest BCUT2D eigenvalue weighted by Gasteiger charge is 2.28. The normalized spacial score (nSPS) is 21.5. The van der Waals surface area contributed by atoms with Crippen LogP contribution in [0.3, 0.4) is 0 Å². The van der Waals surface area contributed by atoms with E-state index in [1.165, 1.54) is 30.0 Å². The lowest BCUT2D eigenvalue weighted by atomic mass is 10.2. The van der Waals surface area contributed by atoms with Gasteiger partial charge in [-0.15, -0.1) is 0 Å². The first-order chi connectivity index (χ1) is 14.1. The molecule has 2 fully saturated rings. The van der Waals surface area contributed by atoms with Crippen molar-refractivity contribution >= 4 is 46.8 Å². The van der Waals surface area contributed by atoms with Crippen LogP contribution in [0, 0.1) is 5.82 Å². The summed E-state index contributed by atoms with van der Waals surface area (Å²) >= 11 is 3.04. The van der Waals surface area contributed by atoms with Gasteiger partial charge in [-0.05, 0) is 42.8 Å². The van der Waals surface area contributed by atoms with Crippen LogP contribution in [0.4, 0.5) is 9.18 Å². The molecule has 2 saturated heterocycles. The summed E-state index contributed by atoms with van der Waals surface area (Å²) in [4.78, 5) is 30.9. The Bertz CT molecular complexity index is 865. The Hall–Kier alpha value is -2.04. The average Bonchev–Trinajstić information content (AvgIpc) is 3.11. The van der Waals surface area contributed by atoms with Crippen molar-refractivity contribution in [1.82, 2.24) is 15.3 Å². The summed E-state index contributed by atoms with van der Waals surface area (Å²) in [6.45, 7) is 2.84. The molecule has 0 saturated carbocycles. The van der Waals surface area contributed by atoms with Crippen molar-refractivity contribution in [3.63, 3.8) is 0 Å². The fourth-order valence-electron chi connectivity index (χ4n) is 3.13. The SMILES string of the molecule is O=C1N=C(N2CCCCN2)S/C1=C\c1ccc(F)cc1OC(=O)N1CCSCC1. The molecule has 3 aliphatic rings. The number of amides is 2. The van der Waals surface area contributed by atoms with Gasteiger partial charge in [0.25, 0.3) is 5.91 Å². The molecule has 0 spiro atoms. The molecule has 4 rings (SSSR count). The number of thioether (sulfide) groups is 2. The highest BCUT2D eigenvalue weighted by atomic mass is 32.2. The minimum Gasteiger partial charge on any atom is -0.409 e. The molecule has 0 aliphatic carbocycles. The van der Waals surface area contributed by atoms with Gasteiger partial charge >= 0.3 is 6.09 Å². The van der Waals surface area contributed by atoms with Crippen LogP contribution in [0.15, 0.2) is 28.1 Å². The van der Waals surface area contributed by atoms with Crippen LogP contribution in [0.25, 0.3) is 6.08 Å². The predicted octanol–water partition coefficient (Wildman–Crippen LogP) is 2.94. The number of carbonyl (C=O) groups is 2. The molecule has 0 atom stereocenters. The van der Waals surface area contributed by atoms with Gasteiger partial charge in [0, 0.05) is 49.3 Å². The minimum absolute atomic E-state index is 0.0960. The topological polar surface area (TPSA) is 74.2 Å². The quantitative estimate of drug-likeness (QED) is 0.715. The van der Waals surface area contributed by atoms with Gasteiger partial charge in [0.05, 0.1) is 4.91 Å². The fourth-order valence-corrected chi connectivity index (χ4v) is 4.94. The second kappa shape index (κ2) is 9.19. The third kappa shape index (κ3) is 4.93. The van der Waals surface area contributed by atoms with Crippen molar-refractivity contribution in [1.29, 1.82) is 0 Å². The molecule has 0 unspecified atom stereocenters. The maximum Gasteiger partial charge on any atom is 0.415 e. The van der Waals surface area contributed by atoms with Crippen molar-refractivity contribution in [3.8, 4) is 5.75 Å². The van der Waals surface area contributed by atoms with Crippen molar-refractivity contribution in [3.05, 3.63) is 34.5 Å². The molecular weight excluding hydrogens is 415 g/mol. The monoisotopic (exact) mass is 436 g/mol. The fraction of sp³-hybridized carbons (Fsp3) is 0.421. The Kier molecular flexibility index (Phi) is 6.41. The number of halogens is 1. The van der Waals surface area contributed by atoms with Crippen LogP contribution in [0.5, 0.6) is 5.75 Å². The maximum atomic E-state index is 13.8. The first-order valence-corrected chi connectivity index (χ1v) is 11.4. The summed E-state index contributed by atoms with van der Waals surface area (Å²) in [6.07, 6.45) is 3.22. The Labute approximate surface area is 176 Å². The Morgan fingerprint density at radius 3 is 2.83 bits per heavy atom. The number of ether oxygens (including phenoxy) is 1. The molecule has 2 amide bonds. The number of hydrazine groups is 1. The standard InChI is InChI=1S/C19H21FN4O3S2/c20-14-4-3-13(15(12-14)27-19(26)23-7-9-28-10-8-23)11-16-17(25)22-18(29-16)24-6-2-1-5-21-24/h3-4,11-12,21H,1-2,5-10H2/b16-11-. The molecule has 0 bridgehead atoms. The molecule has 7 nitrogen and oxygen atoms in total. The van der Waals surface area contributed by atoms with E-state index in [2.05, 4.69) is 10.4 Å². The number of nitrogens with zero attached hydrogens (tertiary/aromatic N) is 3. The molecule has 29 heavy (non-hydrogen) atoms. The molecule has 154 valence electrons. The molecule has 0 radical (unpaired) electrons. The number of hydrogen-bond acceptors (Lipinski definition) is 7. The van der Waals surface area contributed by atoms with E-state index in [-0.39, 0.29) is 11.7 Å². The molecule has 10 heteroatoms. The zero-order chi connectivity index (χ0) is 20.2. The molecule has 1 N–H and O–H groups in total. The van der Waals surface area contributed by atoms with Crippen molar-refractivity contribution in [2.24, 2.45) is 4.99 Å². The van der Waals surface area contributed by atoms with Crippen LogP contribution < -0.4 is 10.2 Å². The van der Waals surface area contributed by atoms with Gasteiger partial charge in [0.2, 0.25) is 0 Å². The lowest BCUT2D eigenvalue weighted by Gasteiger charge is -2.28. The summed E-state index contributed by atoms with van der Waals surface area (Å²) in [5.74, 6) is 0.935. The van der Waals surface area contributed by atoms with Crippen LogP contribution in [0.2, 0.25) is 0 Å². The molecule has 3 heterocycles. The zero-order valence-electron chi connectivity index (χ0n) is 15.7.